The number of nitrogens with zero attached hydrogens (tertiary/aromatic N) is 3. The quantitative estimate of drug-likeness (QED) is 0.586. The molecule has 27 heavy (non-hydrogen) atoms. The van der Waals surface area contributed by atoms with Crippen LogP contribution >= 0.6 is 0 Å². The maximum Gasteiger partial charge on any atom is 0.289 e. The average molecular weight is 369 g/mol. The fourth-order valence-electron chi connectivity index (χ4n) is 2.97. The van der Waals surface area contributed by atoms with E-state index < -0.39 is 5.92 Å². The highest BCUT2D eigenvalue weighted by atomic mass is 19.3. The van der Waals surface area contributed by atoms with Crippen molar-refractivity contribution in [2.75, 3.05) is 7.11 Å². The third-order valence-electron chi connectivity index (χ3n) is 4.32. The fraction of sp³-hybridized carbons (Fsp3) is 0.286. The molecule has 3 rings (SSSR count). The van der Waals surface area contributed by atoms with Crippen molar-refractivity contribution in [2.24, 2.45) is 0 Å². The maximum atomic E-state index is 14.0. The summed E-state index contributed by atoms with van der Waals surface area (Å²) in [5.74, 6) is -2.20. The van der Waals surface area contributed by atoms with Gasteiger partial charge in [-0.15, -0.1) is 0 Å². The molecule has 0 amide bonds. The van der Waals surface area contributed by atoms with E-state index in [4.69, 9.17) is 4.74 Å². The largest absolute Gasteiger partial charge is 0.496 e. The Bertz CT molecular complexity index is 898. The van der Waals surface area contributed by atoms with Crippen LogP contribution in [0.4, 0.5) is 8.78 Å². The van der Waals surface area contributed by atoms with Crippen molar-refractivity contribution in [2.45, 2.75) is 32.1 Å². The Morgan fingerprint density at radius 1 is 1.00 bits per heavy atom. The highest BCUT2D eigenvalue weighted by Gasteiger charge is 2.31. The molecule has 0 saturated carbocycles. The van der Waals surface area contributed by atoms with Gasteiger partial charge in [-0.05, 0) is 23.8 Å². The number of rotatable bonds is 7. The minimum absolute atomic E-state index is 0.191. The third kappa shape index (κ3) is 4.27. The van der Waals surface area contributed by atoms with Crippen LogP contribution < -0.4 is 4.74 Å². The molecule has 6 heteroatoms. The summed E-state index contributed by atoms with van der Waals surface area (Å²) >= 11 is 0. The predicted molar refractivity (Wildman–Crippen MR) is 99.9 cm³/mol. The van der Waals surface area contributed by atoms with Crippen molar-refractivity contribution in [3.63, 3.8) is 0 Å². The summed E-state index contributed by atoms with van der Waals surface area (Å²) in [4.78, 5) is 12.6. The lowest BCUT2D eigenvalue weighted by atomic mass is 10.0. The van der Waals surface area contributed by atoms with Crippen LogP contribution in [0.1, 0.15) is 36.7 Å². The summed E-state index contributed by atoms with van der Waals surface area (Å²) in [6.07, 6.45) is 7.27. The second kappa shape index (κ2) is 8.20. The first-order valence-corrected chi connectivity index (χ1v) is 8.80. The zero-order valence-corrected chi connectivity index (χ0v) is 15.3. The first-order valence-electron chi connectivity index (χ1n) is 8.80. The van der Waals surface area contributed by atoms with Crippen LogP contribution in [0.25, 0.3) is 11.1 Å². The Morgan fingerprint density at radius 2 is 1.85 bits per heavy atom. The normalized spacial score (nSPS) is 11.4. The van der Waals surface area contributed by atoms with Crippen LogP contribution in [0.15, 0.2) is 55.1 Å². The highest BCUT2D eigenvalue weighted by molar-refractivity contribution is 5.71. The van der Waals surface area contributed by atoms with E-state index in [0.29, 0.717) is 18.6 Å². The van der Waals surface area contributed by atoms with E-state index in [1.54, 1.807) is 44.8 Å². The van der Waals surface area contributed by atoms with Gasteiger partial charge in [-0.3, -0.25) is 15.0 Å². The molecule has 0 unspecified atom stereocenters. The van der Waals surface area contributed by atoms with E-state index in [0.717, 1.165) is 22.4 Å². The molecule has 0 fully saturated rings. The van der Waals surface area contributed by atoms with Crippen LogP contribution in [-0.4, -0.2) is 22.1 Å². The molecule has 0 aliphatic rings. The van der Waals surface area contributed by atoms with E-state index in [2.05, 4.69) is 15.0 Å². The first-order chi connectivity index (χ1) is 13.0. The molecule has 3 heterocycles. The van der Waals surface area contributed by atoms with Gasteiger partial charge in [-0.1, -0.05) is 25.5 Å². The molecule has 3 aromatic rings. The van der Waals surface area contributed by atoms with Gasteiger partial charge in [0.15, 0.2) is 0 Å². The molecule has 0 aliphatic carbocycles. The summed E-state index contributed by atoms with van der Waals surface area (Å²) in [5, 5.41) is 0. The van der Waals surface area contributed by atoms with E-state index in [1.807, 2.05) is 12.1 Å². The van der Waals surface area contributed by atoms with Gasteiger partial charge < -0.3 is 4.74 Å². The summed E-state index contributed by atoms with van der Waals surface area (Å²) in [5.41, 5.74) is 3.15. The molecule has 0 saturated heterocycles. The molecule has 0 aromatic carbocycles. The lowest BCUT2D eigenvalue weighted by Gasteiger charge is -2.15. The topological polar surface area (TPSA) is 47.9 Å². The van der Waals surface area contributed by atoms with Gasteiger partial charge in [-0.2, -0.15) is 8.78 Å². The SMILES string of the molecule is CCCC(F)(F)c1ccc(Cc2ncccc2-c2cnccc2OC)cn1. The van der Waals surface area contributed by atoms with Crippen molar-refractivity contribution in [3.8, 4) is 16.9 Å². The van der Waals surface area contributed by atoms with Gasteiger partial charge >= 0.3 is 0 Å². The van der Waals surface area contributed by atoms with Gasteiger partial charge in [0.2, 0.25) is 0 Å². The summed E-state index contributed by atoms with van der Waals surface area (Å²) < 4.78 is 33.4. The zero-order chi connectivity index (χ0) is 19.3. The number of hydrogen-bond donors (Lipinski definition) is 0. The van der Waals surface area contributed by atoms with Crippen molar-refractivity contribution < 1.29 is 13.5 Å². The van der Waals surface area contributed by atoms with Crippen molar-refractivity contribution in [1.29, 1.82) is 0 Å². The van der Waals surface area contributed by atoms with Gasteiger partial charge in [0.25, 0.3) is 5.92 Å². The molecule has 4 nitrogen and oxygen atoms in total. The van der Waals surface area contributed by atoms with Gasteiger partial charge in [0, 0.05) is 48.8 Å². The minimum Gasteiger partial charge on any atom is -0.496 e. The lowest BCUT2D eigenvalue weighted by molar-refractivity contribution is -0.0184. The number of hydrogen-bond acceptors (Lipinski definition) is 4. The standard InChI is InChI=1S/C21H21F2N3O/c1-3-9-21(22,23)20-7-6-15(13-26-20)12-18-16(5-4-10-25-18)17-14-24-11-8-19(17)27-2/h4-8,10-11,13-14H,3,9,12H2,1-2H3. The zero-order valence-electron chi connectivity index (χ0n) is 15.3. The molecule has 0 bridgehead atoms. The van der Waals surface area contributed by atoms with Crippen LogP contribution in [0.5, 0.6) is 5.75 Å². The van der Waals surface area contributed by atoms with Crippen molar-refractivity contribution in [3.05, 3.63) is 72.1 Å². The van der Waals surface area contributed by atoms with E-state index in [1.165, 1.54) is 12.3 Å². The Morgan fingerprint density at radius 3 is 2.56 bits per heavy atom. The van der Waals surface area contributed by atoms with Crippen molar-refractivity contribution >= 4 is 0 Å². The highest BCUT2D eigenvalue weighted by Crippen LogP contribution is 2.33. The molecular weight excluding hydrogens is 348 g/mol. The van der Waals surface area contributed by atoms with Gasteiger partial charge in [-0.25, -0.2) is 0 Å². The Kier molecular flexibility index (Phi) is 5.74. The van der Waals surface area contributed by atoms with E-state index in [-0.39, 0.29) is 12.1 Å². The van der Waals surface area contributed by atoms with Crippen LogP contribution in [-0.2, 0) is 12.3 Å². The molecule has 140 valence electrons. The maximum absolute atomic E-state index is 14.0. The smallest absolute Gasteiger partial charge is 0.289 e. The van der Waals surface area contributed by atoms with E-state index in [9.17, 15) is 8.78 Å². The second-order valence-corrected chi connectivity index (χ2v) is 6.26. The molecule has 0 atom stereocenters. The average Bonchev–Trinajstić information content (AvgIpc) is 2.69. The number of methoxy groups -OCH3 is 1. The molecule has 0 aliphatic heterocycles. The molecule has 3 aromatic heterocycles. The Labute approximate surface area is 157 Å². The fourth-order valence-corrected chi connectivity index (χ4v) is 2.97. The van der Waals surface area contributed by atoms with Gasteiger partial charge in [0.1, 0.15) is 11.4 Å². The number of halogens is 2. The molecular formula is C21H21F2N3O. The Balaban J connectivity index is 1.89. The van der Waals surface area contributed by atoms with Crippen LogP contribution in [0.3, 0.4) is 0 Å². The summed E-state index contributed by atoms with van der Waals surface area (Å²) in [6.45, 7) is 1.73. The Hall–Kier alpha value is -2.89. The predicted octanol–water partition coefficient (Wildman–Crippen LogP) is 5.03. The summed E-state index contributed by atoms with van der Waals surface area (Å²) in [7, 11) is 1.61. The van der Waals surface area contributed by atoms with Crippen molar-refractivity contribution in [1.82, 2.24) is 15.0 Å². The van der Waals surface area contributed by atoms with Gasteiger partial charge in [0.05, 0.1) is 12.8 Å². The van der Waals surface area contributed by atoms with Crippen LogP contribution in [0.2, 0.25) is 0 Å². The lowest BCUT2D eigenvalue weighted by Crippen LogP contribution is -2.14. The number of ether oxygens (including phenoxy) is 1. The van der Waals surface area contributed by atoms with E-state index >= 15 is 0 Å². The minimum atomic E-state index is -2.90. The molecule has 0 N–H and O–H groups in total. The molecule has 0 spiro atoms. The second-order valence-electron chi connectivity index (χ2n) is 6.26. The van der Waals surface area contributed by atoms with Crippen LogP contribution in [0, 0.1) is 0 Å². The monoisotopic (exact) mass is 369 g/mol. The third-order valence-corrected chi connectivity index (χ3v) is 4.32. The number of aromatic nitrogens is 3. The first kappa shape index (κ1) is 18.9. The summed E-state index contributed by atoms with van der Waals surface area (Å²) in [6, 6.07) is 8.67. The molecule has 0 radical (unpaired) electrons. The number of alkyl halides is 2. The number of pyridine rings is 3.